The molecular formula is C12H12ClNS2. The van der Waals surface area contributed by atoms with E-state index in [1.54, 1.807) is 29.2 Å². The molecule has 16 heavy (non-hydrogen) atoms. The zero-order valence-electron chi connectivity index (χ0n) is 8.65. The van der Waals surface area contributed by atoms with E-state index in [0.29, 0.717) is 5.69 Å². The van der Waals surface area contributed by atoms with Gasteiger partial charge < -0.3 is 5.73 Å². The Morgan fingerprint density at radius 2 is 2.19 bits per heavy atom. The van der Waals surface area contributed by atoms with E-state index in [0.717, 1.165) is 22.1 Å². The second-order valence-corrected chi connectivity index (χ2v) is 5.94. The molecule has 0 saturated carbocycles. The molecule has 0 spiro atoms. The Balaban J connectivity index is 1.90. The van der Waals surface area contributed by atoms with Crippen molar-refractivity contribution in [3.63, 3.8) is 0 Å². The van der Waals surface area contributed by atoms with Crippen LogP contribution in [0.25, 0.3) is 0 Å². The molecule has 84 valence electrons. The van der Waals surface area contributed by atoms with Crippen LogP contribution in [0.1, 0.15) is 4.88 Å². The highest BCUT2D eigenvalue weighted by molar-refractivity contribution is 7.99. The molecule has 1 aromatic carbocycles. The van der Waals surface area contributed by atoms with Gasteiger partial charge in [-0.15, -0.1) is 23.1 Å². The molecule has 2 aromatic rings. The number of thioether (sulfide) groups is 1. The second kappa shape index (κ2) is 5.62. The normalized spacial score (nSPS) is 10.6. The van der Waals surface area contributed by atoms with Crippen LogP contribution < -0.4 is 5.73 Å². The Labute approximate surface area is 109 Å². The van der Waals surface area contributed by atoms with Crippen molar-refractivity contribution < 1.29 is 0 Å². The van der Waals surface area contributed by atoms with Crippen LogP contribution >= 0.6 is 34.7 Å². The van der Waals surface area contributed by atoms with Gasteiger partial charge >= 0.3 is 0 Å². The van der Waals surface area contributed by atoms with Crippen LogP contribution in [0.3, 0.4) is 0 Å². The number of nitrogens with two attached hydrogens (primary N) is 1. The lowest BCUT2D eigenvalue weighted by Crippen LogP contribution is -1.87. The van der Waals surface area contributed by atoms with Crippen molar-refractivity contribution >= 4 is 40.4 Å². The summed E-state index contributed by atoms with van der Waals surface area (Å²) in [5.41, 5.74) is 6.36. The molecule has 0 radical (unpaired) electrons. The van der Waals surface area contributed by atoms with Gasteiger partial charge in [-0.25, -0.2) is 0 Å². The predicted molar refractivity (Wildman–Crippen MR) is 74.6 cm³/mol. The molecule has 1 heterocycles. The average molecular weight is 270 g/mol. The van der Waals surface area contributed by atoms with Gasteiger partial charge in [0, 0.05) is 21.2 Å². The molecule has 0 saturated heterocycles. The zero-order valence-corrected chi connectivity index (χ0v) is 11.0. The standard InChI is InChI=1S/C12H12ClNS2/c13-11-8-9(14)3-4-12(11)16-7-5-10-2-1-6-15-10/h1-4,6,8H,5,7,14H2. The maximum Gasteiger partial charge on any atom is 0.0562 e. The van der Waals surface area contributed by atoms with Crippen LogP contribution in [0.2, 0.25) is 5.02 Å². The van der Waals surface area contributed by atoms with Crippen LogP contribution in [0.5, 0.6) is 0 Å². The lowest BCUT2D eigenvalue weighted by Gasteiger charge is -2.04. The van der Waals surface area contributed by atoms with E-state index in [4.69, 9.17) is 17.3 Å². The Morgan fingerprint density at radius 1 is 1.31 bits per heavy atom. The number of hydrogen-bond acceptors (Lipinski definition) is 3. The fraction of sp³-hybridized carbons (Fsp3) is 0.167. The Kier molecular flexibility index (Phi) is 4.16. The molecule has 1 nitrogen and oxygen atoms in total. The molecule has 0 aliphatic heterocycles. The van der Waals surface area contributed by atoms with Crippen molar-refractivity contribution in [3.8, 4) is 0 Å². The maximum absolute atomic E-state index is 6.09. The molecule has 1 aromatic heterocycles. The largest absolute Gasteiger partial charge is 0.399 e. The molecule has 0 aliphatic carbocycles. The van der Waals surface area contributed by atoms with E-state index in [9.17, 15) is 0 Å². The van der Waals surface area contributed by atoms with Gasteiger partial charge in [0.05, 0.1) is 5.02 Å². The van der Waals surface area contributed by atoms with E-state index < -0.39 is 0 Å². The number of hydrogen-bond donors (Lipinski definition) is 1. The van der Waals surface area contributed by atoms with Gasteiger partial charge in [0.15, 0.2) is 0 Å². The predicted octanol–water partition coefficient (Wildman–Crippen LogP) is 4.32. The summed E-state index contributed by atoms with van der Waals surface area (Å²) in [6.45, 7) is 0. The van der Waals surface area contributed by atoms with Gasteiger partial charge in [-0.1, -0.05) is 17.7 Å². The van der Waals surface area contributed by atoms with Crippen LogP contribution in [0.4, 0.5) is 5.69 Å². The fourth-order valence-electron chi connectivity index (χ4n) is 1.35. The van der Waals surface area contributed by atoms with Crippen LogP contribution in [0.15, 0.2) is 40.6 Å². The topological polar surface area (TPSA) is 26.0 Å². The molecule has 0 amide bonds. The first-order chi connectivity index (χ1) is 7.75. The first-order valence-corrected chi connectivity index (χ1v) is 7.20. The first kappa shape index (κ1) is 11.8. The van der Waals surface area contributed by atoms with Gasteiger partial charge in [-0.2, -0.15) is 0 Å². The van der Waals surface area contributed by atoms with E-state index in [2.05, 4.69) is 17.5 Å². The van der Waals surface area contributed by atoms with Crippen molar-refractivity contribution in [2.24, 2.45) is 0 Å². The minimum absolute atomic E-state index is 0.715. The number of thiophene rings is 1. The SMILES string of the molecule is Nc1ccc(SCCc2cccs2)c(Cl)c1. The number of aryl methyl sites for hydroxylation is 1. The summed E-state index contributed by atoms with van der Waals surface area (Å²) in [6, 6.07) is 9.92. The second-order valence-electron chi connectivity index (χ2n) is 3.37. The highest BCUT2D eigenvalue weighted by atomic mass is 35.5. The summed E-state index contributed by atoms with van der Waals surface area (Å²) >= 11 is 9.66. The molecule has 0 unspecified atom stereocenters. The number of anilines is 1. The maximum atomic E-state index is 6.09. The molecule has 0 aliphatic rings. The lowest BCUT2D eigenvalue weighted by atomic mass is 10.3. The molecule has 0 bridgehead atoms. The summed E-state index contributed by atoms with van der Waals surface area (Å²) in [7, 11) is 0. The number of nitrogen functional groups attached to an aromatic ring is 1. The van der Waals surface area contributed by atoms with Crippen molar-refractivity contribution in [1.29, 1.82) is 0 Å². The minimum atomic E-state index is 0.715. The quantitative estimate of drug-likeness (QED) is 0.661. The molecule has 0 atom stereocenters. The summed E-state index contributed by atoms with van der Waals surface area (Å²) in [5, 5.41) is 2.85. The summed E-state index contributed by atoms with van der Waals surface area (Å²) in [5.74, 6) is 1.05. The zero-order chi connectivity index (χ0) is 11.4. The van der Waals surface area contributed by atoms with Crippen molar-refractivity contribution in [1.82, 2.24) is 0 Å². The van der Waals surface area contributed by atoms with Crippen molar-refractivity contribution in [3.05, 3.63) is 45.6 Å². The average Bonchev–Trinajstić information content (AvgIpc) is 2.74. The van der Waals surface area contributed by atoms with Crippen molar-refractivity contribution in [2.45, 2.75) is 11.3 Å². The third kappa shape index (κ3) is 3.17. The van der Waals surface area contributed by atoms with Crippen LogP contribution in [0, 0.1) is 0 Å². The van der Waals surface area contributed by atoms with Crippen LogP contribution in [-0.4, -0.2) is 5.75 Å². The summed E-state index contributed by atoms with van der Waals surface area (Å²) in [4.78, 5) is 2.52. The molecule has 0 fully saturated rings. The van der Waals surface area contributed by atoms with Gasteiger partial charge in [0.2, 0.25) is 0 Å². The highest BCUT2D eigenvalue weighted by Gasteiger charge is 2.02. The van der Waals surface area contributed by atoms with E-state index in [1.807, 2.05) is 12.1 Å². The van der Waals surface area contributed by atoms with Crippen LogP contribution in [-0.2, 0) is 6.42 Å². The third-order valence-corrected chi connectivity index (χ3v) is 4.58. The molecule has 4 heteroatoms. The Hall–Kier alpha value is -0.640. The minimum Gasteiger partial charge on any atom is -0.399 e. The number of benzene rings is 1. The number of halogens is 1. The Morgan fingerprint density at radius 3 is 2.88 bits per heavy atom. The number of rotatable bonds is 4. The molecular weight excluding hydrogens is 258 g/mol. The summed E-state index contributed by atoms with van der Waals surface area (Å²) < 4.78 is 0. The van der Waals surface area contributed by atoms with Gasteiger partial charge in [0.1, 0.15) is 0 Å². The van der Waals surface area contributed by atoms with E-state index in [-0.39, 0.29) is 0 Å². The first-order valence-electron chi connectivity index (χ1n) is 4.96. The molecule has 2 N–H and O–H groups in total. The fourth-order valence-corrected chi connectivity index (χ4v) is 3.44. The monoisotopic (exact) mass is 269 g/mol. The van der Waals surface area contributed by atoms with Gasteiger partial charge in [-0.05, 0) is 36.1 Å². The van der Waals surface area contributed by atoms with Gasteiger partial charge in [0.25, 0.3) is 0 Å². The summed E-state index contributed by atoms with van der Waals surface area (Å²) in [6.07, 6.45) is 1.09. The van der Waals surface area contributed by atoms with Gasteiger partial charge in [-0.3, -0.25) is 0 Å². The Bertz CT molecular complexity index is 454. The van der Waals surface area contributed by atoms with Crippen molar-refractivity contribution in [2.75, 3.05) is 11.5 Å². The van der Waals surface area contributed by atoms with E-state index in [1.165, 1.54) is 4.88 Å². The molecule has 2 rings (SSSR count). The third-order valence-electron chi connectivity index (χ3n) is 2.14. The highest BCUT2D eigenvalue weighted by Crippen LogP contribution is 2.29. The smallest absolute Gasteiger partial charge is 0.0562 e. The lowest BCUT2D eigenvalue weighted by molar-refractivity contribution is 1.20. The van der Waals surface area contributed by atoms with E-state index >= 15 is 0 Å².